The number of nitrogens with one attached hydrogen (secondary N) is 3. The average molecular weight is 434 g/mol. The van der Waals surface area contributed by atoms with Gasteiger partial charge in [0.1, 0.15) is 11.8 Å². The van der Waals surface area contributed by atoms with Gasteiger partial charge in [-0.2, -0.15) is 4.72 Å². The van der Waals surface area contributed by atoms with E-state index < -0.39 is 22.0 Å². The van der Waals surface area contributed by atoms with E-state index in [1.807, 2.05) is 13.8 Å². The number of rotatable bonds is 9. The maximum absolute atomic E-state index is 12.8. The molecule has 0 saturated heterocycles. The number of methoxy groups -OCH3 is 1. The summed E-state index contributed by atoms with van der Waals surface area (Å²) in [6.45, 7) is 5.22. The zero-order valence-electron chi connectivity index (χ0n) is 17.4. The number of hydrogen-bond acceptors (Lipinski definition) is 5. The minimum absolute atomic E-state index is 0.0458. The lowest BCUT2D eigenvalue weighted by Crippen LogP contribution is -2.44. The summed E-state index contributed by atoms with van der Waals surface area (Å²) >= 11 is 0. The van der Waals surface area contributed by atoms with Crippen molar-refractivity contribution in [1.29, 1.82) is 0 Å². The quantitative estimate of drug-likeness (QED) is 0.563. The summed E-state index contributed by atoms with van der Waals surface area (Å²) in [5.41, 5.74) is 1.09. The van der Waals surface area contributed by atoms with Gasteiger partial charge < -0.3 is 15.4 Å². The minimum Gasteiger partial charge on any atom is -0.497 e. The summed E-state index contributed by atoms with van der Waals surface area (Å²) < 4.78 is 33.1. The first-order valence-electron chi connectivity index (χ1n) is 9.45. The average Bonchev–Trinajstić information content (AvgIpc) is 2.68. The van der Waals surface area contributed by atoms with Gasteiger partial charge in [0, 0.05) is 18.3 Å². The Bertz CT molecular complexity index is 971. The van der Waals surface area contributed by atoms with E-state index in [1.54, 1.807) is 36.4 Å². The smallest absolute Gasteiger partial charge is 0.242 e. The van der Waals surface area contributed by atoms with E-state index in [0.717, 1.165) is 0 Å². The van der Waals surface area contributed by atoms with Crippen molar-refractivity contribution in [1.82, 2.24) is 4.72 Å². The van der Waals surface area contributed by atoms with Crippen molar-refractivity contribution in [2.45, 2.75) is 38.1 Å². The number of sulfonamides is 1. The third-order valence-corrected chi connectivity index (χ3v) is 5.65. The Morgan fingerprint density at radius 1 is 0.933 bits per heavy atom. The molecular weight excluding hydrogens is 406 g/mol. The SMILES string of the molecule is COc1ccc(S(=O)(=O)NC(CC(C)C)C(=O)Nc2ccc(NC(C)=O)cc2)cc1. The number of carbonyl (C=O) groups excluding carboxylic acids is 2. The molecule has 2 aromatic rings. The highest BCUT2D eigenvalue weighted by Gasteiger charge is 2.26. The number of amides is 2. The molecule has 0 aromatic heterocycles. The van der Waals surface area contributed by atoms with Gasteiger partial charge in [0.25, 0.3) is 0 Å². The van der Waals surface area contributed by atoms with Crippen LogP contribution in [0.25, 0.3) is 0 Å². The van der Waals surface area contributed by atoms with Crippen molar-refractivity contribution >= 4 is 33.2 Å². The van der Waals surface area contributed by atoms with E-state index in [0.29, 0.717) is 23.5 Å². The number of carbonyl (C=O) groups is 2. The number of hydrogen-bond donors (Lipinski definition) is 3. The standard InChI is InChI=1S/C21H27N3O5S/c1-14(2)13-20(24-30(27,28)19-11-9-18(29-4)10-12-19)21(26)23-17-7-5-16(6-8-17)22-15(3)25/h5-12,14,20,24H,13H2,1-4H3,(H,22,25)(H,23,26). The molecule has 0 aliphatic heterocycles. The Kier molecular flexibility index (Phi) is 7.96. The van der Waals surface area contributed by atoms with Gasteiger partial charge in [0.05, 0.1) is 12.0 Å². The molecule has 2 rings (SSSR count). The highest BCUT2D eigenvalue weighted by atomic mass is 32.2. The topological polar surface area (TPSA) is 114 Å². The van der Waals surface area contributed by atoms with E-state index in [2.05, 4.69) is 15.4 Å². The zero-order chi connectivity index (χ0) is 22.3. The Hall–Kier alpha value is -2.91. The van der Waals surface area contributed by atoms with Crippen molar-refractivity contribution < 1.29 is 22.7 Å². The molecule has 0 radical (unpaired) electrons. The van der Waals surface area contributed by atoms with Crippen LogP contribution in [0.2, 0.25) is 0 Å². The molecule has 0 aliphatic carbocycles. The molecule has 162 valence electrons. The van der Waals surface area contributed by atoms with Crippen LogP contribution >= 0.6 is 0 Å². The second-order valence-electron chi connectivity index (χ2n) is 7.23. The van der Waals surface area contributed by atoms with Crippen molar-refractivity contribution in [3.63, 3.8) is 0 Å². The van der Waals surface area contributed by atoms with Crippen LogP contribution in [0, 0.1) is 5.92 Å². The molecule has 3 N–H and O–H groups in total. The summed E-state index contributed by atoms with van der Waals surface area (Å²) in [6, 6.07) is 11.5. The molecule has 0 saturated carbocycles. The molecular formula is C21H27N3O5S. The van der Waals surface area contributed by atoms with Gasteiger partial charge in [-0.15, -0.1) is 0 Å². The predicted molar refractivity (Wildman–Crippen MR) is 116 cm³/mol. The molecule has 8 nitrogen and oxygen atoms in total. The second kappa shape index (κ2) is 10.2. The van der Waals surface area contributed by atoms with Gasteiger partial charge >= 0.3 is 0 Å². The minimum atomic E-state index is -3.90. The van der Waals surface area contributed by atoms with E-state index in [9.17, 15) is 18.0 Å². The van der Waals surface area contributed by atoms with Gasteiger partial charge in [-0.05, 0) is 60.9 Å². The van der Waals surface area contributed by atoms with E-state index in [-0.39, 0.29) is 16.7 Å². The zero-order valence-corrected chi connectivity index (χ0v) is 18.2. The third-order valence-electron chi connectivity index (χ3n) is 4.16. The van der Waals surface area contributed by atoms with Crippen LogP contribution in [-0.4, -0.2) is 33.4 Å². The highest BCUT2D eigenvalue weighted by molar-refractivity contribution is 7.89. The molecule has 0 spiro atoms. The number of anilines is 2. The lowest BCUT2D eigenvalue weighted by atomic mass is 10.0. The van der Waals surface area contributed by atoms with Crippen molar-refractivity contribution in [3.05, 3.63) is 48.5 Å². The highest BCUT2D eigenvalue weighted by Crippen LogP contribution is 2.18. The summed E-state index contributed by atoms with van der Waals surface area (Å²) in [6.07, 6.45) is 0.325. The molecule has 0 aliphatic rings. The van der Waals surface area contributed by atoms with Crippen LogP contribution in [0.3, 0.4) is 0 Å². The van der Waals surface area contributed by atoms with Crippen LogP contribution in [0.4, 0.5) is 11.4 Å². The Morgan fingerprint density at radius 2 is 1.47 bits per heavy atom. The van der Waals surface area contributed by atoms with Crippen LogP contribution in [0.5, 0.6) is 5.75 Å². The first-order valence-corrected chi connectivity index (χ1v) is 10.9. The monoisotopic (exact) mass is 433 g/mol. The van der Waals surface area contributed by atoms with Crippen LogP contribution < -0.4 is 20.1 Å². The van der Waals surface area contributed by atoms with Gasteiger partial charge in [0.15, 0.2) is 0 Å². The summed E-state index contributed by atoms with van der Waals surface area (Å²) in [7, 11) is -2.41. The van der Waals surface area contributed by atoms with Gasteiger partial charge in [-0.3, -0.25) is 9.59 Å². The third kappa shape index (κ3) is 6.85. The molecule has 1 unspecified atom stereocenters. The van der Waals surface area contributed by atoms with Crippen LogP contribution in [0.15, 0.2) is 53.4 Å². The molecule has 0 heterocycles. The molecule has 30 heavy (non-hydrogen) atoms. The lowest BCUT2D eigenvalue weighted by molar-refractivity contribution is -0.118. The summed E-state index contributed by atoms with van der Waals surface area (Å²) in [5.74, 6) is -0.0422. The second-order valence-corrected chi connectivity index (χ2v) is 8.94. The van der Waals surface area contributed by atoms with Gasteiger partial charge in [0.2, 0.25) is 21.8 Å². The van der Waals surface area contributed by atoms with Crippen molar-refractivity contribution in [3.8, 4) is 5.75 Å². The Morgan fingerprint density at radius 3 is 1.93 bits per heavy atom. The number of benzene rings is 2. The molecule has 1 atom stereocenters. The number of ether oxygens (including phenoxy) is 1. The summed E-state index contributed by atoms with van der Waals surface area (Å²) in [4.78, 5) is 23.9. The van der Waals surface area contributed by atoms with E-state index in [4.69, 9.17) is 4.74 Å². The van der Waals surface area contributed by atoms with Crippen molar-refractivity contribution in [2.24, 2.45) is 5.92 Å². The van der Waals surface area contributed by atoms with Gasteiger partial charge in [-0.1, -0.05) is 13.8 Å². The molecule has 2 aromatic carbocycles. The van der Waals surface area contributed by atoms with Crippen LogP contribution in [0.1, 0.15) is 27.2 Å². The largest absolute Gasteiger partial charge is 0.497 e. The molecule has 2 amide bonds. The summed E-state index contributed by atoms with van der Waals surface area (Å²) in [5, 5.41) is 5.36. The van der Waals surface area contributed by atoms with E-state index >= 15 is 0 Å². The maximum atomic E-state index is 12.8. The van der Waals surface area contributed by atoms with Crippen molar-refractivity contribution in [2.75, 3.05) is 17.7 Å². The fraction of sp³-hybridized carbons (Fsp3) is 0.333. The fourth-order valence-corrected chi connectivity index (χ4v) is 3.97. The Labute approximate surface area is 177 Å². The first-order chi connectivity index (χ1) is 14.1. The molecule has 9 heteroatoms. The maximum Gasteiger partial charge on any atom is 0.242 e. The molecule has 0 fully saturated rings. The molecule has 0 bridgehead atoms. The Balaban J connectivity index is 2.15. The predicted octanol–water partition coefficient (Wildman–Crippen LogP) is 2.99. The fourth-order valence-electron chi connectivity index (χ4n) is 2.76. The van der Waals surface area contributed by atoms with Crippen LogP contribution in [-0.2, 0) is 19.6 Å². The first kappa shape index (κ1) is 23.4. The lowest BCUT2D eigenvalue weighted by Gasteiger charge is -2.20. The van der Waals surface area contributed by atoms with Gasteiger partial charge in [-0.25, -0.2) is 8.42 Å². The normalized spacial score (nSPS) is 12.3. The van der Waals surface area contributed by atoms with E-state index in [1.165, 1.54) is 26.2 Å².